The Bertz CT molecular complexity index is 3110. The first-order valence-electron chi connectivity index (χ1n) is 19.2. The minimum absolute atomic E-state index is 0.443. The Morgan fingerprint density at radius 3 is 1.96 bits per heavy atom. The molecule has 10 aromatic rings. The van der Waals surface area contributed by atoms with Gasteiger partial charge < -0.3 is 4.57 Å². The number of para-hydroxylation sites is 2. The summed E-state index contributed by atoms with van der Waals surface area (Å²) in [6.45, 7) is 2.31. The fourth-order valence-corrected chi connectivity index (χ4v) is 8.63. The molecule has 5 heteroatoms. The van der Waals surface area contributed by atoms with Gasteiger partial charge in [-0.25, -0.2) is 9.97 Å². The summed E-state index contributed by atoms with van der Waals surface area (Å²) in [6, 6.07) is 53.5. The summed E-state index contributed by atoms with van der Waals surface area (Å²) >= 11 is 0. The summed E-state index contributed by atoms with van der Waals surface area (Å²) < 4.78 is 2.43. The van der Waals surface area contributed by atoms with Crippen LogP contribution in [0.4, 0.5) is 0 Å². The lowest BCUT2D eigenvalue weighted by Gasteiger charge is -2.22. The largest absolute Gasteiger partial charge is 0.308 e. The summed E-state index contributed by atoms with van der Waals surface area (Å²) in [5.74, 6) is 0.443. The van der Waals surface area contributed by atoms with Gasteiger partial charge in [0.1, 0.15) is 0 Å². The summed E-state index contributed by atoms with van der Waals surface area (Å²) in [4.78, 5) is 19.8. The van der Waals surface area contributed by atoms with E-state index in [2.05, 4.69) is 149 Å². The average Bonchev–Trinajstić information content (AvgIpc) is 3.62. The number of benzene rings is 5. The van der Waals surface area contributed by atoms with Crippen LogP contribution in [0.15, 0.2) is 170 Å². The van der Waals surface area contributed by atoms with Crippen LogP contribution in [-0.4, -0.2) is 24.5 Å². The molecule has 5 heterocycles. The van der Waals surface area contributed by atoms with E-state index in [1.807, 2.05) is 48.8 Å². The SMILES string of the molecule is CC1C=Cc2c(c(-c3nc4ccccc4c4c3c3ccccc3n4-c3ccc(-c4cc(-c5ccccn5)nc(-c5ccccn5)c4)cc3)cc3ccccc23)C1. The highest BCUT2D eigenvalue weighted by atomic mass is 15.0. The van der Waals surface area contributed by atoms with Crippen LogP contribution >= 0.6 is 0 Å². The molecule has 0 bridgehead atoms. The Morgan fingerprint density at radius 1 is 0.571 bits per heavy atom. The van der Waals surface area contributed by atoms with Crippen molar-refractivity contribution in [1.29, 1.82) is 0 Å². The zero-order valence-electron chi connectivity index (χ0n) is 30.8. The van der Waals surface area contributed by atoms with Crippen LogP contribution in [0, 0.1) is 5.92 Å². The maximum atomic E-state index is 5.54. The van der Waals surface area contributed by atoms with Gasteiger partial charge in [-0.05, 0) is 112 Å². The average molecular weight is 718 g/mol. The Labute approximate surface area is 324 Å². The first kappa shape index (κ1) is 32.2. The van der Waals surface area contributed by atoms with Crippen molar-refractivity contribution in [3.8, 4) is 50.8 Å². The molecule has 1 atom stereocenters. The lowest BCUT2D eigenvalue weighted by Crippen LogP contribution is -2.07. The fraction of sp³-hybridized carbons (Fsp3) is 0.0588. The maximum Gasteiger partial charge on any atom is 0.0900 e. The van der Waals surface area contributed by atoms with E-state index in [0.717, 1.165) is 68.1 Å². The van der Waals surface area contributed by atoms with Gasteiger partial charge in [0, 0.05) is 39.8 Å². The molecule has 5 aromatic heterocycles. The van der Waals surface area contributed by atoms with Crippen molar-refractivity contribution in [2.75, 3.05) is 0 Å². The van der Waals surface area contributed by atoms with Gasteiger partial charge in [-0.1, -0.05) is 104 Å². The number of nitrogens with zero attached hydrogens (tertiary/aromatic N) is 5. The summed E-state index contributed by atoms with van der Waals surface area (Å²) in [5.41, 5.74) is 14.7. The van der Waals surface area contributed by atoms with Gasteiger partial charge >= 0.3 is 0 Å². The molecule has 1 aliphatic rings. The van der Waals surface area contributed by atoms with Gasteiger partial charge in [0.25, 0.3) is 0 Å². The van der Waals surface area contributed by atoms with Crippen LogP contribution in [0.2, 0.25) is 0 Å². The van der Waals surface area contributed by atoms with Crippen LogP contribution in [0.3, 0.4) is 0 Å². The second-order valence-corrected chi connectivity index (χ2v) is 14.7. The fourth-order valence-electron chi connectivity index (χ4n) is 8.63. The van der Waals surface area contributed by atoms with Crippen molar-refractivity contribution in [3.05, 3.63) is 181 Å². The number of pyridine rings is 4. The highest BCUT2D eigenvalue weighted by Gasteiger charge is 2.25. The van der Waals surface area contributed by atoms with E-state index >= 15 is 0 Å². The number of hydrogen-bond donors (Lipinski definition) is 0. The molecule has 11 rings (SSSR count). The van der Waals surface area contributed by atoms with Crippen LogP contribution in [0.25, 0.3) is 100 Å². The third-order valence-corrected chi connectivity index (χ3v) is 11.2. The van der Waals surface area contributed by atoms with E-state index in [-0.39, 0.29) is 0 Å². The van der Waals surface area contributed by atoms with Crippen LogP contribution < -0.4 is 0 Å². The van der Waals surface area contributed by atoms with Gasteiger partial charge in [0.05, 0.1) is 45.0 Å². The van der Waals surface area contributed by atoms with Crippen molar-refractivity contribution in [1.82, 2.24) is 24.5 Å². The third-order valence-electron chi connectivity index (χ3n) is 11.2. The van der Waals surface area contributed by atoms with Crippen LogP contribution in [-0.2, 0) is 6.42 Å². The molecule has 0 spiro atoms. The summed E-state index contributed by atoms with van der Waals surface area (Å²) in [5, 5.41) is 6.02. The molecule has 5 nitrogen and oxygen atoms in total. The lowest BCUT2D eigenvalue weighted by atomic mass is 9.83. The predicted octanol–water partition coefficient (Wildman–Crippen LogP) is 12.5. The second kappa shape index (κ2) is 13.0. The van der Waals surface area contributed by atoms with Crippen molar-refractivity contribution in [2.45, 2.75) is 13.3 Å². The number of rotatable bonds is 5. The molecule has 0 radical (unpaired) electrons. The number of aromatic nitrogens is 5. The Hall–Kier alpha value is -7.24. The van der Waals surface area contributed by atoms with Crippen LogP contribution in [0.1, 0.15) is 18.1 Å². The highest BCUT2D eigenvalue weighted by molar-refractivity contribution is 6.23. The minimum atomic E-state index is 0.443. The standard InChI is InChI=1S/C51H35N5/c1-32-20-25-38-37-13-3-2-12-34(37)29-42(41(38)28-32)50-49-40-15-5-7-19-48(40)56(51(49)39-14-4-6-16-43(39)55-50)36-23-21-33(22-24-36)35-30-46(44-17-8-10-26-52-44)54-47(31-35)45-18-9-11-27-53-45/h2-27,29-32H,28H2,1H3. The Kier molecular flexibility index (Phi) is 7.46. The van der Waals surface area contributed by atoms with E-state index in [9.17, 15) is 0 Å². The molecule has 0 fully saturated rings. The van der Waals surface area contributed by atoms with E-state index in [4.69, 9.17) is 9.97 Å². The molecule has 0 aliphatic heterocycles. The molecule has 1 unspecified atom stereocenters. The van der Waals surface area contributed by atoms with Crippen molar-refractivity contribution >= 4 is 49.6 Å². The number of allylic oxidation sites excluding steroid dienone is 1. The molecule has 0 saturated heterocycles. The van der Waals surface area contributed by atoms with Crippen molar-refractivity contribution in [2.24, 2.45) is 5.92 Å². The maximum absolute atomic E-state index is 5.54. The van der Waals surface area contributed by atoms with Gasteiger partial charge in [0.15, 0.2) is 0 Å². The molecule has 0 amide bonds. The van der Waals surface area contributed by atoms with Crippen LogP contribution in [0.5, 0.6) is 0 Å². The first-order valence-corrected chi connectivity index (χ1v) is 19.2. The third kappa shape index (κ3) is 5.24. The van der Waals surface area contributed by atoms with E-state index in [1.54, 1.807) is 0 Å². The molecule has 56 heavy (non-hydrogen) atoms. The Morgan fingerprint density at radius 2 is 1.23 bits per heavy atom. The zero-order valence-corrected chi connectivity index (χ0v) is 30.8. The quantitative estimate of drug-likeness (QED) is 0.178. The predicted molar refractivity (Wildman–Crippen MR) is 231 cm³/mol. The zero-order chi connectivity index (χ0) is 37.2. The summed E-state index contributed by atoms with van der Waals surface area (Å²) in [7, 11) is 0. The van der Waals surface area contributed by atoms with Gasteiger partial charge in [-0.15, -0.1) is 0 Å². The van der Waals surface area contributed by atoms with Gasteiger partial charge in [0.2, 0.25) is 0 Å². The topological polar surface area (TPSA) is 56.5 Å². The van der Waals surface area contributed by atoms with Gasteiger partial charge in [-0.3, -0.25) is 9.97 Å². The van der Waals surface area contributed by atoms with E-state index < -0.39 is 0 Å². The van der Waals surface area contributed by atoms with E-state index in [0.29, 0.717) is 5.92 Å². The Balaban J connectivity index is 1.14. The number of fused-ring (bicyclic) bond motifs is 8. The van der Waals surface area contributed by atoms with Crippen molar-refractivity contribution < 1.29 is 0 Å². The normalized spacial score (nSPS) is 13.8. The number of hydrogen-bond acceptors (Lipinski definition) is 4. The smallest absolute Gasteiger partial charge is 0.0900 e. The lowest BCUT2D eigenvalue weighted by molar-refractivity contribution is 0.719. The highest BCUT2D eigenvalue weighted by Crippen LogP contribution is 2.45. The first-order chi connectivity index (χ1) is 27.7. The summed E-state index contributed by atoms with van der Waals surface area (Å²) in [6.07, 6.45) is 9.27. The minimum Gasteiger partial charge on any atom is -0.308 e. The molecule has 0 N–H and O–H groups in total. The molecular weight excluding hydrogens is 683 g/mol. The molecule has 5 aromatic carbocycles. The molecular formula is C51H35N5. The molecule has 264 valence electrons. The van der Waals surface area contributed by atoms with E-state index in [1.165, 1.54) is 43.8 Å². The van der Waals surface area contributed by atoms with Gasteiger partial charge in [-0.2, -0.15) is 0 Å². The van der Waals surface area contributed by atoms with Crippen molar-refractivity contribution in [3.63, 3.8) is 0 Å². The second-order valence-electron chi connectivity index (χ2n) is 14.7. The monoisotopic (exact) mass is 717 g/mol. The molecule has 1 aliphatic carbocycles. The molecule has 0 saturated carbocycles.